The average molecular weight is 394 g/mol. The minimum absolute atomic E-state index is 0.0343. The van der Waals surface area contributed by atoms with Crippen LogP contribution in [-0.4, -0.2) is 34.3 Å². The minimum atomic E-state index is -4.63. The molecule has 1 aliphatic rings. The van der Waals surface area contributed by atoms with Crippen LogP contribution < -0.4 is 10.6 Å². The number of amides is 2. The molecule has 150 valence electrons. The number of aromatic nitrogens is 2. The van der Waals surface area contributed by atoms with Crippen LogP contribution in [0.3, 0.4) is 0 Å². The number of fused-ring (bicyclic) bond motifs is 1. The van der Waals surface area contributed by atoms with Gasteiger partial charge in [0.1, 0.15) is 0 Å². The zero-order chi connectivity index (χ0) is 20.3. The van der Waals surface area contributed by atoms with Gasteiger partial charge in [-0.05, 0) is 24.3 Å². The molecule has 0 fully saturated rings. The largest absolute Gasteiger partial charge is 0.412 e. The van der Waals surface area contributed by atoms with Gasteiger partial charge in [-0.3, -0.25) is 14.3 Å². The molecule has 0 radical (unpaired) electrons. The van der Waals surface area contributed by atoms with E-state index >= 15 is 0 Å². The summed E-state index contributed by atoms with van der Waals surface area (Å²) in [5.74, 6) is -0.854. The summed E-state index contributed by atoms with van der Waals surface area (Å²) in [7, 11) is 0. The molecule has 2 heterocycles. The maximum absolute atomic E-state index is 13.5. The standard InChI is InChI=1S/C19H21F3N4O2/c1-12(27)23-10-13-7-8-26-16(9-13)15(11-24-26)18(28)25-17(19(20,21)22)14-5-3-2-4-6-14/h2-6,11,13,17H,7-10H2,1H3,(H,23,27)(H,25,28)/t13-,17+/m0/s1. The zero-order valence-corrected chi connectivity index (χ0v) is 15.3. The topological polar surface area (TPSA) is 76.0 Å². The zero-order valence-electron chi connectivity index (χ0n) is 15.3. The molecular weight excluding hydrogens is 373 g/mol. The number of halogens is 3. The molecule has 2 atom stereocenters. The van der Waals surface area contributed by atoms with Crippen LogP contribution in [0.5, 0.6) is 0 Å². The second-order valence-corrected chi connectivity index (χ2v) is 6.88. The van der Waals surface area contributed by atoms with Crippen molar-refractivity contribution in [2.75, 3.05) is 6.54 Å². The summed E-state index contributed by atoms with van der Waals surface area (Å²) in [4.78, 5) is 23.8. The van der Waals surface area contributed by atoms with Gasteiger partial charge in [0.05, 0.1) is 17.5 Å². The number of hydrogen-bond donors (Lipinski definition) is 2. The maximum Gasteiger partial charge on any atom is 0.412 e. The molecule has 2 N–H and O–H groups in total. The summed E-state index contributed by atoms with van der Waals surface area (Å²) in [5, 5.41) is 8.98. The van der Waals surface area contributed by atoms with E-state index in [2.05, 4.69) is 15.7 Å². The molecule has 1 aliphatic heterocycles. The second-order valence-electron chi connectivity index (χ2n) is 6.88. The summed E-state index contributed by atoms with van der Waals surface area (Å²) < 4.78 is 42.2. The Morgan fingerprint density at radius 3 is 2.64 bits per heavy atom. The summed E-state index contributed by atoms with van der Waals surface area (Å²) in [6, 6.07) is 5.16. The molecule has 0 unspecified atom stereocenters. The van der Waals surface area contributed by atoms with Gasteiger partial charge in [0.15, 0.2) is 6.04 Å². The average Bonchev–Trinajstić information content (AvgIpc) is 3.07. The smallest absolute Gasteiger partial charge is 0.356 e. The third kappa shape index (κ3) is 4.52. The lowest BCUT2D eigenvalue weighted by molar-refractivity contribution is -0.155. The number of aryl methyl sites for hydroxylation is 1. The fraction of sp³-hybridized carbons (Fsp3) is 0.421. The SMILES string of the molecule is CC(=O)NC[C@H]1CCn2ncc(C(=O)N[C@H](c3ccccc3)C(F)(F)F)c2C1. The Balaban J connectivity index is 1.78. The number of rotatable bonds is 5. The van der Waals surface area contributed by atoms with E-state index in [9.17, 15) is 22.8 Å². The number of carbonyl (C=O) groups excluding carboxylic acids is 2. The maximum atomic E-state index is 13.5. The highest BCUT2D eigenvalue weighted by Gasteiger charge is 2.42. The van der Waals surface area contributed by atoms with E-state index in [0.717, 1.165) is 6.42 Å². The van der Waals surface area contributed by atoms with Crippen LogP contribution in [0.4, 0.5) is 13.2 Å². The van der Waals surface area contributed by atoms with E-state index in [-0.39, 0.29) is 23.0 Å². The van der Waals surface area contributed by atoms with Gasteiger partial charge in [0, 0.05) is 20.0 Å². The van der Waals surface area contributed by atoms with Crippen molar-refractivity contribution in [3.63, 3.8) is 0 Å². The second kappa shape index (κ2) is 8.04. The van der Waals surface area contributed by atoms with E-state index in [1.165, 1.54) is 37.4 Å². The highest BCUT2D eigenvalue weighted by molar-refractivity contribution is 5.95. The van der Waals surface area contributed by atoms with Gasteiger partial charge in [-0.1, -0.05) is 30.3 Å². The van der Waals surface area contributed by atoms with Gasteiger partial charge < -0.3 is 10.6 Å². The van der Waals surface area contributed by atoms with Crippen LogP contribution in [0, 0.1) is 5.92 Å². The Morgan fingerprint density at radius 2 is 2.00 bits per heavy atom. The lowest BCUT2D eigenvalue weighted by atomic mass is 9.94. The highest BCUT2D eigenvalue weighted by Crippen LogP contribution is 2.33. The highest BCUT2D eigenvalue weighted by atomic mass is 19.4. The summed E-state index contributed by atoms with van der Waals surface area (Å²) in [6.07, 6.45) is -2.08. The van der Waals surface area contributed by atoms with Crippen molar-refractivity contribution in [1.82, 2.24) is 20.4 Å². The van der Waals surface area contributed by atoms with Crippen LogP contribution >= 0.6 is 0 Å². The van der Waals surface area contributed by atoms with E-state index < -0.39 is 18.1 Å². The first kappa shape index (κ1) is 19.9. The van der Waals surface area contributed by atoms with Gasteiger partial charge in [-0.15, -0.1) is 0 Å². The van der Waals surface area contributed by atoms with E-state index in [4.69, 9.17) is 0 Å². The molecule has 9 heteroatoms. The normalized spacial score (nSPS) is 17.5. The molecule has 0 saturated heterocycles. The molecule has 3 rings (SSSR count). The summed E-state index contributed by atoms with van der Waals surface area (Å²) >= 11 is 0. The van der Waals surface area contributed by atoms with Gasteiger partial charge in [-0.25, -0.2) is 0 Å². The molecule has 0 bridgehead atoms. The fourth-order valence-electron chi connectivity index (χ4n) is 3.36. The number of alkyl halides is 3. The number of nitrogens with one attached hydrogen (secondary N) is 2. The van der Waals surface area contributed by atoms with Crippen LogP contribution in [0.1, 0.15) is 41.0 Å². The molecule has 2 aromatic rings. The molecule has 28 heavy (non-hydrogen) atoms. The van der Waals surface area contributed by atoms with Crippen LogP contribution in [0.15, 0.2) is 36.5 Å². The third-order valence-corrected chi connectivity index (χ3v) is 4.80. The van der Waals surface area contributed by atoms with Gasteiger partial charge in [0.25, 0.3) is 5.91 Å². The Hall–Kier alpha value is -2.84. The molecule has 1 aromatic heterocycles. The van der Waals surface area contributed by atoms with Crippen molar-refractivity contribution in [1.29, 1.82) is 0 Å². The van der Waals surface area contributed by atoms with Crippen molar-refractivity contribution >= 4 is 11.8 Å². The number of nitrogens with zero attached hydrogens (tertiary/aromatic N) is 2. The monoisotopic (exact) mass is 394 g/mol. The van der Waals surface area contributed by atoms with Crippen molar-refractivity contribution in [2.45, 2.75) is 38.5 Å². The predicted molar refractivity (Wildman–Crippen MR) is 95.4 cm³/mol. The van der Waals surface area contributed by atoms with Crippen molar-refractivity contribution in [3.05, 3.63) is 53.3 Å². The van der Waals surface area contributed by atoms with Gasteiger partial charge >= 0.3 is 6.18 Å². The predicted octanol–water partition coefficient (Wildman–Crippen LogP) is 2.61. The quantitative estimate of drug-likeness (QED) is 0.819. The van der Waals surface area contributed by atoms with Crippen molar-refractivity contribution in [2.24, 2.45) is 5.92 Å². The van der Waals surface area contributed by atoms with Crippen LogP contribution in [0.25, 0.3) is 0 Å². The van der Waals surface area contributed by atoms with Gasteiger partial charge in [0.2, 0.25) is 5.91 Å². The first-order valence-electron chi connectivity index (χ1n) is 8.97. The fourth-order valence-corrected chi connectivity index (χ4v) is 3.36. The van der Waals surface area contributed by atoms with E-state index in [1.54, 1.807) is 10.7 Å². The number of benzene rings is 1. The molecule has 6 nitrogen and oxygen atoms in total. The van der Waals surface area contributed by atoms with Crippen molar-refractivity contribution in [3.8, 4) is 0 Å². The Labute approximate surface area is 160 Å². The molecule has 0 saturated carbocycles. The molecule has 0 aliphatic carbocycles. The van der Waals surface area contributed by atoms with Crippen molar-refractivity contribution < 1.29 is 22.8 Å². The van der Waals surface area contributed by atoms with E-state index in [0.29, 0.717) is 25.2 Å². The Kier molecular flexibility index (Phi) is 5.71. The molecule has 1 aromatic carbocycles. The Morgan fingerprint density at radius 1 is 1.29 bits per heavy atom. The lowest BCUT2D eigenvalue weighted by Gasteiger charge is -2.25. The summed E-state index contributed by atoms with van der Waals surface area (Å²) in [5.41, 5.74) is 0.693. The van der Waals surface area contributed by atoms with E-state index in [1.807, 2.05) is 0 Å². The van der Waals surface area contributed by atoms with Crippen LogP contribution in [-0.2, 0) is 17.8 Å². The first-order valence-corrected chi connectivity index (χ1v) is 8.97. The van der Waals surface area contributed by atoms with Gasteiger partial charge in [-0.2, -0.15) is 18.3 Å². The number of hydrogen-bond acceptors (Lipinski definition) is 3. The summed E-state index contributed by atoms with van der Waals surface area (Å²) in [6.45, 7) is 2.43. The molecule has 2 amide bonds. The minimum Gasteiger partial charge on any atom is -0.356 e. The Bertz CT molecular complexity index is 849. The van der Waals surface area contributed by atoms with Crippen LogP contribution in [0.2, 0.25) is 0 Å². The first-order chi connectivity index (χ1) is 13.3. The third-order valence-electron chi connectivity index (χ3n) is 4.80. The lowest BCUT2D eigenvalue weighted by Crippen LogP contribution is -2.39. The molecule has 0 spiro atoms. The molecular formula is C19H21F3N4O2. The number of carbonyl (C=O) groups is 2.